The maximum absolute atomic E-state index is 12.2. The molecular formula is C20H28N2OS. The van der Waals surface area contributed by atoms with Crippen molar-refractivity contribution in [1.82, 2.24) is 10.3 Å². The molecule has 1 atom stereocenters. The smallest absolute Gasteiger partial charge is 0.226 e. The van der Waals surface area contributed by atoms with Gasteiger partial charge in [0.25, 0.3) is 0 Å². The highest BCUT2D eigenvalue weighted by atomic mass is 32.1. The molecule has 0 bridgehead atoms. The lowest BCUT2D eigenvalue weighted by Gasteiger charge is -2.14. The first-order valence-corrected chi connectivity index (χ1v) is 9.63. The molecule has 1 aromatic heterocycles. The van der Waals surface area contributed by atoms with Crippen LogP contribution in [0.5, 0.6) is 0 Å². The number of amides is 1. The van der Waals surface area contributed by atoms with Gasteiger partial charge in [0, 0.05) is 17.0 Å². The van der Waals surface area contributed by atoms with Gasteiger partial charge in [-0.05, 0) is 32.3 Å². The van der Waals surface area contributed by atoms with E-state index < -0.39 is 0 Å². The second-order valence-corrected chi connectivity index (χ2v) is 7.84. The second-order valence-electron chi connectivity index (χ2n) is 6.98. The number of nitrogens with zero attached hydrogens (tertiary/aromatic N) is 1. The Balaban J connectivity index is 1.84. The number of carbonyl (C=O) groups excluding carboxylic acids is 1. The first-order chi connectivity index (χ1) is 11.4. The Morgan fingerprint density at radius 1 is 1.25 bits per heavy atom. The van der Waals surface area contributed by atoms with Crippen LogP contribution < -0.4 is 5.32 Å². The first kappa shape index (κ1) is 18.7. The minimum absolute atomic E-state index is 0.0631. The number of hydrogen-bond acceptors (Lipinski definition) is 3. The van der Waals surface area contributed by atoms with Crippen LogP contribution in [0.1, 0.15) is 51.3 Å². The summed E-state index contributed by atoms with van der Waals surface area (Å²) in [5, 5.41) is 6.05. The third-order valence-corrected chi connectivity index (χ3v) is 4.92. The predicted molar refractivity (Wildman–Crippen MR) is 102 cm³/mol. The Morgan fingerprint density at radius 3 is 2.75 bits per heavy atom. The van der Waals surface area contributed by atoms with Gasteiger partial charge in [-0.15, -0.1) is 11.3 Å². The molecule has 2 rings (SSSR count). The molecule has 0 aliphatic carbocycles. The lowest BCUT2D eigenvalue weighted by atomic mass is 10.0. The first-order valence-electron chi connectivity index (χ1n) is 8.75. The second kappa shape index (κ2) is 8.97. The zero-order valence-electron chi connectivity index (χ0n) is 15.1. The van der Waals surface area contributed by atoms with Crippen LogP contribution in [-0.4, -0.2) is 16.9 Å². The van der Waals surface area contributed by atoms with Gasteiger partial charge in [0.05, 0.1) is 12.1 Å². The third kappa shape index (κ3) is 6.08. The summed E-state index contributed by atoms with van der Waals surface area (Å²) < 4.78 is 0. The van der Waals surface area contributed by atoms with Crippen molar-refractivity contribution in [3.63, 3.8) is 0 Å². The van der Waals surface area contributed by atoms with Gasteiger partial charge in [0.1, 0.15) is 5.01 Å². The van der Waals surface area contributed by atoms with Crippen molar-refractivity contribution in [1.29, 1.82) is 0 Å². The van der Waals surface area contributed by atoms with Crippen LogP contribution in [0, 0.1) is 12.8 Å². The Bertz CT molecular complexity index is 663. The van der Waals surface area contributed by atoms with E-state index in [0.717, 1.165) is 35.0 Å². The number of carbonyl (C=O) groups is 1. The van der Waals surface area contributed by atoms with E-state index in [1.807, 2.05) is 11.4 Å². The quantitative estimate of drug-likeness (QED) is 0.733. The number of thiazole rings is 1. The van der Waals surface area contributed by atoms with E-state index in [2.05, 4.69) is 56.2 Å². The minimum Gasteiger partial charge on any atom is -0.353 e. The fourth-order valence-corrected chi connectivity index (χ4v) is 3.51. The number of benzene rings is 1. The Morgan fingerprint density at radius 2 is 2.04 bits per heavy atom. The molecule has 1 N–H and O–H groups in total. The molecule has 1 unspecified atom stereocenters. The summed E-state index contributed by atoms with van der Waals surface area (Å²) in [5.74, 6) is 0.788. The van der Waals surface area contributed by atoms with E-state index in [1.54, 1.807) is 11.3 Å². The molecular weight excluding hydrogens is 316 g/mol. The van der Waals surface area contributed by atoms with Gasteiger partial charge in [-0.1, -0.05) is 50.5 Å². The topological polar surface area (TPSA) is 42.0 Å². The Labute approximate surface area is 149 Å². The van der Waals surface area contributed by atoms with Gasteiger partial charge >= 0.3 is 0 Å². The van der Waals surface area contributed by atoms with E-state index >= 15 is 0 Å². The van der Waals surface area contributed by atoms with Gasteiger partial charge in [-0.3, -0.25) is 4.79 Å². The standard InChI is InChI=1S/C20H28N2OS/c1-14(2)7-5-9-16(4)21-19(23)12-18-13-24-20(22-18)17-10-6-8-15(3)11-17/h6,8,10-11,13-14,16H,5,7,9,12H2,1-4H3,(H,21,23). The van der Waals surface area contributed by atoms with Crippen molar-refractivity contribution in [2.45, 2.75) is 59.4 Å². The highest BCUT2D eigenvalue weighted by Crippen LogP contribution is 2.24. The van der Waals surface area contributed by atoms with Crippen LogP contribution in [0.2, 0.25) is 0 Å². The van der Waals surface area contributed by atoms with E-state index in [0.29, 0.717) is 6.42 Å². The number of rotatable bonds is 8. The van der Waals surface area contributed by atoms with Gasteiger partial charge in [0.15, 0.2) is 0 Å². The van der Waals surface area contributed by atoms with Crippen molar-refractivity contribution < 1.29 is 4.79 Å². The summed E-state index contributed by atoms with van der Waals surface area (Å²) in [5.41, 5.74) is 3.19. The molecule has 0 aliphatic heterocycles. The maximum atomic E-state index is 12.2. The molecule has 1 aromatic carbocycles. The zero-order chi connectivity index (χ0) is 17.5. The lowest BCUT2D eigenvalue weighted by molar-refractivity contribution is -0.121. The maximum Gasteiger partial charge on any atom is 0.226 e. The predicted octanol–water partition coefficient (Wildman–Crippen LogP) is 4.99. The zero-order valence-corrected chi connectivity index (χ0v) is 16.0. The number of aryl methyl sites for hydroxylation is 1. The molecule has 3 nitrogen and oxygen atoms in total. The summed E-state index contributed by atoms with van der Waals surface area (Å²) in [4.78, 5) is 16.8. The Kier molecular flexibility index (Phi) is 6.98. The molecule has 1 heterocycles. The molecule has 4 heteroatoms. The largest absolute Gasteiger partial charge is 0.353 e. The molecule has 0 spiro atoms. The average molecular weight is 345 g/mol. The number of nitrogens with one attached hydrogen (secondary N) is 1. The lowest BCUT2D eigenvalue weighted by Crippen LogP contribution is -2.33. The molecule has 2 aromatic rings. The van der Waals surface area contributed by atoms with Crippen LogP contribution in [-0.2, 0) is 11.2 Å². The van der Waals surface area contributed by atoms with Gasteiger partial charge in [0.2, 0.25) is 5.91 Å². The van der Waals surface area contributed by atoms with E-state index in [1.165, 1.54) is 12.0 Å². The molecule has 130 valence electrons. The summed E-state index contributed by atoms with van der Waals surface area (Å²) in [7, 11) is 0. The summed E-state index contributed by atoms with van der Waals surface area (Å²) in [6.45, 7) is 8.62. The number of aromatic nitrogens is 1. The Hall–Kier alpha value is -1.68. The van der Waals surface area contributed by atoms with Gasteiger partial charge < -0.3 is 5.32 Å². The third-order valence-electron chi connectivity index (χ3n) is 3.98. The van der Waals surface area contributed by atoms with E-state index in [4.69, 9.17) is 0 Å². The van der Waals surface area contributed by atoms with E-state index in [9.17, 15) is 4.79 Å². The molecule has 0 aliphatic rings. The van der Waals surface area contributed by atoms with Crippen LogP contribution in [0.4, 0.5) is 0 Å². The van der Waals surface area contributed by atoms with Gasteiger partial charge in [-0.2, -0.15) is 0 Å². The van der Waals surface area contributed by atoms with Crippen LogP contribution in [0.15, 0.2) is 29.6 Å². The molecule has 0 radical (unpaired) electrons. The monoisotopic (exact) mass is 344 g/mol. The fraction of sp³-hybridized carbons (Fsp3) is 0.500. The van der Waals surface area contributed by atoms with E-state index in [-0.39, 0.29) is 11.9 Å². The average Bonchev–Trinajstić information content (AvgIpc) is 2.95. The highest BCUT2D eigenvalue weighted by molar-refractivity contribution is 7.13. The molecule has 0 saturated heterocycles. The molecule has 1 amide bonds. The normalized spacial score (nSPS) is 12.4. The van der Waals surface area contributed by atoms with Crippen molar-refractivity contribution in [3.05, 3.63) is 40.9 Å². The summed E-state index contributed by atoms with van der Waals surface area (Å²) in [6.07, 6.45) is 3.77. The minimum atomic E-state index is 0.0631. The van der Waals surface area contributed by atoms with Crippen LogP contribution in [0.25, 0.3) is 10.6 Å². The van der Waals surface area contributed by atoms with Gasteiger partial charge in [-0.25, -0.2) is 4.98 Å². The van der Waals surface area contributed by atoms with Crippen molar-refractivity contribution >= 4 is 17.2 Å². The fourth-order valence-electron chi connectivity index (χ4n) is 2.69. The summed E-state index contributed by atoms with van der Waals surface area (Å²) in [6, 6.07) is 8.53. The summed E-state index contributed by atoms with van der Waals surface area (Å²) >= 11 is 1.60. The molecule has 0 saturated carbocycles. The highest BCUT2D eigenvalue weighted by Gasteiger charge is 2.11. The van der Waals surface area contributed by atoms with Crippen LogP contribution >= 0.6 is 11.3 Å². The SMILES string of the molecule is Cc1cccc(-c2nc(CC(=O)NC(C)CCCC(C)C)cs2)c1. The number of hydrogen-bond donors (Lipinski definition) is 1. The van der Waals surface area contributed by atoms with Crippen molar-refractivity contribution in [2.24, 2.45) is 5.92 Å². The molecule has 24 heavy (non-hydrogen) atoms. The van der Waals surface area contributed by atoms with Crippen LogP contribution in [0.3, 0.4) is 0 Å². The molecule has 0 fully saturated rings. The van der Waals surface area contributed by atoms with Crippen molar-refractivity contribution in [3.8, 4) is 10.6 Å². The van der Waals surface area contributed by atoms with Crippen molar-refractivity contribution in [2.75, 3.05) is 0 Å².